The molecule has 1 fully saturated rings. The highest BCUT2D eigenvalue weighted by molar-refractivity contribution is 7.80. The number of benzene rings is 1. The maximum atomic E-state index is 12.9. The Morgan fingerprint density at radius 2 is 1.92 bits per heavy atom. The van der Waals surface area contributed by atoms with Gasteiger partial charge in [0, 0.05) is 6.54 Å². The molecular formula is C15H13F3N2O3S. The van der Waals surface area contributed by atoms with Gasteiger partial charge in [0.15, 0.2) is 0 Å². The Balaban J connectivity index is 2.02. The molecule has 5 nitrogen and oxygen atoms in total. The summed E-state index contributed by atoms with van der Waals surface area (Å²) in [6, 6.07) is 5.31. The standard InChI is InChI=1S/C15H13F3N2O3S/c16-15(17,18)13(22)19-6-5-9-3-1-2-4-10(9)11(19)12(21)20-7-8-23-14(20)24/h1-4,11H,5-8H2/t11-/m1/s1. The fraction of sp³-hybridized carbons (Fsp3) is 0.400. The van der Waals surface area contributed by atoms with Crippen LogP contribution in [0.15, 0.2) is 24.3 Å². The Bertz CT molecular complexity index is 707. The van der Waals surface area contributed by atoms with E-state index in [9.17, 15) is 22.8 Å². The van der Waals surface area contributed by atoms with E-state index in [0.717, 1.165) is 10.5 Å². The number of halogens is 3. The molecule has 1 saturated heterocycles. The van der Waals surface area contributed by atoms with Gasteiger partial charge < -0.3 is 9.64 Å². The number of amides is 2. The first-order valence-corrected chi connectivity index (χ1v) is 7.65. The van der Waals surface area contributed by atoms with Crippen molar-refractivity contribution in [2.45, 2.75) is 18.6 Å². The second-order valence-corrected chi connectivity index (χ2v) is 5.80. The van der Waals surface area contributed by atoms with Crippen LogP contribution in [0.3, 0.4) is 0 Å². The zero-order valence-electron chi connectivity index (χ0n) is 12.4. The lowest BCUT2D eigenvalue weighted by Gasteiger charge is -2.37. The van der Waals surface area contributed by atoms with Crippen LogP contribution in [-0.4, -0.2) is 52.7 Å². The van der Waals surface area contributed by atoms with E-state index in [4.69, 9.17) is 17.0 Å². The van der Waals surface area contributed by atoms with E-state index < -0.39 is 24.0 Å². The van der Waals surface area contributed by atoms with Gasteiger partial charge in [0.25, 0.3) is 11.1 Å². The van der Waals surface area contributed by atoms with Gasteiger partial charge in [-0.05, 0) is 29.8 Å². The van der Waals surface area contributed by atoms with Crippen LogP contribution in [-0.2, 0) is 20.7 Å². The zero-order chi connectivity index (χ0) is 17.5. The lowest BCUT2D eigenvalue weighted by Crippen LogP contribution is -2.52. The lowest BCUT2D eigenvalue weighted by molar-refractivity contribution is -0.189. The molecule has 1 aromatic carbocycles. The number of nitrogens with zero attached hydrogens (tertiary/aromatic N) is 2. The van der Waals surface area contributed by atoms with E-state index in [1.807, 2.05) is 0 Å². The molecule has 3 rings (SSSR count). The van der Waals surface area contributed by atoms with Crippen molar-refractivity contribution < 1.29 is 27.5 Å². The molecule has 128 valence electrons. The van der Waals surface area contributed by atoms with Crippen molar-refractivity contribution in [3.8, 4) is 0 Å². The summed E-state index contributed by atoms with van der Waals surface area (Å²) in [4.78, 5) is 26.3. The van der Waals surface area contributed by atoms with Crippen LogP contribution in [0.5, 0.6) is 0 Å². The topological polar surface area (TPSA) is 49.9 Å². The second kappa shape index (κ2) is 6.04. The molecule has 0 unspecified atom stereocenters. The largest absolute Gasteiger partial charge is 0.471 e. The number of rotatable bonds is 1. The molecule has 2 aliphatic heterocycles. The molecule has 2 heterocycles. The van der Waals surface area contributed by atoms with E-state index in [1.54, 1.807) is 24.3 Å². The summed E-state index contributed by atoms with van der Waals surface area (Å²) in [5.74, 6) is -2.70. The van der Waals surface area contributed by atoms with Crippen LogP contribution in [0.25, 0.3) is 0 Å². The van der Waals surface area contributed by atoms with Gasteiger partial charge >= 0.3 is 12.1 Å². The molecule has 2 aliphatic rings. The first-order chi connectivity index (χ1) is 11.3. The van der Waals surface area contributed by atoms with Crippen molar-refractivity contribution in [3.63, 3.8) is 0 Å². The summed E-state index contributed by atoms with van der Waals surface area (Å²) in [5.41, 5.74) is 1.13. The number of thiocarbonyl (C=S) groups is 1. The molecule has 0 N–H and O–H groups in total. The van der Waals surface area contributed by atoms with E-state index >= 15 is 0 Å². The number of ether oxygens (including phenoxy) is 1. The number of carbonyl (C=O) groups excluding carboxylic acids is 2. The molecule has 1 atom stereocenters. The Kier molecular flexibility index (Phi) is 4.20. The van der Waals surface area contributed by atoms with Crippen LogP contribution in [0.1, 0.15) is 17.2 Å². The van der Waals surface area contributed by atoms with Crippen LogP contribution in [0, 0.1) is 0 Å². The van der Waals surface area contributed by atoms with Gasteiger partial charge in [0.05, 0.1) is 6.54 Å². The van der Waals surface area contributed by atoms with E-state index in [1.165, 1.54) is 0 Å². The van der Waals surface area contributed by atoms with E-state index in [-0.39, 0.29) is 31.3 Å². The predicted molar refractivity (Wildman–Crippen MR) is 80.9 cm³/mol. The number of hydrogen-bond acceptors (Lipinski definition) is 4. The molecule has 0 aromatic heterocycles. The first kappa shape index (κ1) is 16.7. The number of fused-ring (bicyclic) bond motifs is 1. The molecule has 0 bridgehead atoms. The highest BCUT2D eigenvalue weighted by Gasteiger charge is 2.49. The van der Waals surface area contributed by atoms with Gasteiger partial charge in [0.2, 0.25) is 0 Å². The summed E-state index contributed by atoms with van der Waals surface area (Å²) < 4.78 is 43.8. The summed E-state index contributed by atoms with van der Waals surface area (Å²) >= 11 is 4.92. The Morgan fingerprint density at radius 1 is 1.21 bits per heavy atom. The Morgan fingerprint density at radius 3 is 2.54 bits per heavy atom. The zero-order valence-corrected chi connectivity index (χ0v) is 13.2. The van der Waals surface area contributed by atoms with Crippen LogP contribution < -0.4 is 0 Å². The van der Waals surface area contributed by atoms with Crippen molar-refractivity contribution in [1.82, 2.24) is 9.80 Å². The van der Waals surface area contributed by atoms with Crippen molar-refractivity contribution in [2.75, 3.05) is 19.7 Å². The Labute approximate surface area is 141 Å². The third-order valence-electron chi connectivity index (χ3n) is 4.05. The van der Waals surface area contributed by atoms with Gasteiger partial charge in [-0.15, -0.1) is 0 Å². The van der Waals surface area contributed by atoms with Gasteiger partial charge in [-0.25, -0.2) is 0 Å². The minimum atomic E-state index is -5.05. The van der Waals surface area contributed by atoms with Crippen molar-refractivity contribution in [3.05, 3.63) is 35.4 Å². The van der Waals surface area contributed by atoms with Crippen LogP contribution in [0.2, 0.25) is 0 Å². The number of carbonyl (C=O) groups is 2. The smallest absolute Gasteiger partial charge is 0.469 e. The summed E-state index contributed by atoms with van der Waals surface area (Å²) in [6.45, 7) is 0.157. The van der Waals surface area contributed by atoms with Gasteiger partial charge in [-0.2, -0.15) is 13.2 Å². The fourth-order valence-electron chi connectivity index (χ4n) is 2.96. The number of hydrogen-bond donors (Lipinski definition) is 0. The molecule has 24 heavy (non-hydrogen) atoms. The SMILES string of the molecule is O=C([C@H]1c2ccccc2CCN1C(=O)C(F)(F)F)N1CCOC1=S. The highest BCUT2D eigenvalue weighted by Crippen LogP contribution is 2.34. The van der Waals surface area contributed by atoms with Gasteiger partial charge in [0.1, 0.15) is 12.6 Å². The molecule has 0 aliphatic carbocycles. The van der Waals surface area contributed by atoms with Crippen LogP contribution >= 0.6 is 12.2 Å². The molecule has 2 amide bonds. The maximum absolute atomic E-state index is 12.9. The molecule has 1 aromatic rings. The van der Waals surface area contributed by atoms with E-state index in [0.29, 0.717) is 10.5 Å². The summed E-state index contributed by atoms with van der Waals surface area (Å²) in [7, 11) is 0. The van der Waals surface area contributed by atoms with Gasteiger partial charge in [-0.1, -0.05) is 24.3 Å². The third-order valence-corrected chi connectivity index (χ3v) is 4.39. The molecular weight excluding hydrogens is 345 g/mol. The van der Waals surface area contributed by atoms with Gasteiger partial charge in [-0.3, -0.25) is 14.5 Å². The van der Waals surface area contributed by atoms with E-state index in [2.05, 4.69) is 0 Å². The van der Waals surface area contributed by atoms with Crippen LogP contribution in [0.4, 0.5) is 13.2 Å². The maximum Gasteiger partial charge on any atom is 0.471 e. The lowest BCUT2D eigenvalue weighted by atomic mass is 9.91. The van der Waals surface area contributed by atoms with Crippen molar-refractivity contribution in [1.29, 1.82) is 0 Å². The third kappa shape index (κ3) is 2.83. The van der Waals surface area contributed by atoms with Crippen molar-refractivity contribution in [2.24, 2.45) is 0 Å². The quantitative estimate of drug-likeness (QED) is 0.719. The highest BCUT2D eigenvalue weighted by atomic mass is 32.1. The molecule has 0 spiro atoms. The minimum Gasteiger partial charge on any atom is -0.469 e. The summed E-state index contributed by atoms with van der Waals surface area (Å²) in [6.07, 6.45) is -4.80. The monoisotopic (exact) mass is 358 g/mol. The average Bonchev–Trinajstić information content (AvgIpc) is 2.97. The number of alkyl halides is 3. The first-order valence-electron chi connectivity index (χ1n) is 7.24. The summed E-state index contributed by atoms with van der Waals surface area (Å²) in [5, 5.41) is -0.0811. The fourth-order valence-corrected chi connectivity index (χ4v) is 3.22. The molecule has 0 radical (unpaired) electrons. The molecule has 9 heteroatoms. The normalized spacial score (nSPS) is 20.6. The average molecular weight is 358 g/mol. The second-order valence-electron chi connectivity index (χ2n) is 5.45. The Hall–Kier alpha value is -2.16. The molecule has 0 saturated carbocycles. The van der Waals surface area contributed by atoms with Crippen molar-refractivity contribution >= 4 is 29.2 Å². The predicted octanol–water partition coefficient (Wildman–Crippen LogP) is 1.82. The minimum absolute atomic E-state index is 0.0811.